The standard InChI is InChI=1S/C17H23N3O4/c21-15(8-12-4-1-2-5-12)18-19-17(23)13-9-16(22)20(10-13)11-14-6-3-7-24-14/h3,6-7,12-13H,1-2,4-5,8-11H2,(H,18,21)(H,19,23). The maximum atomic E-state index is 12.2. The summed E-state index contributed by atoms with van der Waals surface area (Å²) < 4.78 is 5.23. The van der Waals surface area contributed by atoms with Crippen LogP contribution in [0.25, 0.3) is 0 Å². The van der Waals surface area contributed by atoms with E-state index in [4.69, 9.17) is 4.42 Å². The molecule has 2 N–H and O–H groups in total. The minimum atomic E-state index is -0.445. The number of amides is 3. The summed E-state index contributed by atoms with van der Waals surface area (Å²) in [6.07, 6.45) is 6.69. The number of rotatable bonds is 5. The Hall–Kier alpha value is -2.31. The zero-order valence-corrected chi connectivity index (χ0v) is 13.6. The zero-order chi connectivity index (χ0) is 16.9. The first-order valence-corrected chi connectivity index (χ1v) is 8.50. The Bertz CT molecular complexity index is 593. The van der Waals surface area contributed by atoms with Gasteiger partial charge in [-0.3, -0.25) is 25.2 Å². The molecule has 7 nitrogen and oxygen atoms in total. The van der Waals surface area contributed by atoms with Crippen molar-refractivity contribution < 1.29 is 18.8 Å². The predicted octanol–water partition coefficient (Wildman–Crippen LogP) is 1.36. The van der Waals surface area contributed by atoms with E-state index in [1.807, 2.05) is 0 Å². The number of nitrogens with zero attached hydrogens (tertiary/aromatic N) is 1. The van der Waals surface area contributed by atoms with Crippen LogP contribution >= 0.6 is 0 Å². The molecule has 2 heterocycles. The zero-order valence-electron chi connectivity index (χ0n) is 13.6. The van der Waals surface area contributed by atoms with E-state index >= 15 is 0 Å². The molecule has 0 aromatic carbocycles. The average Bonchev–Trinajstić information content (AvgIpc) is 3.29. The third kappa shape index (κ3) is 4.15. The molecule has 1 atom stereocenters. The first-order chi connectivity index (χ1) is 11.6. The van der Waals surface area contributed by atoms with E-state index in [-0.39, 0.29) is 24.1 Å². The number of furan rings is 1. The third-order valence-corrected chi connectivity index (χ3v) is 4.79. The molecule has 1 aromatic rings. The molecule has 0 spiro atoms. The smallest absolute Gasteiger partial charge is 0.243 e. The Morgan fingerprint density at radius 1 is 1.25 bits per heavy atom. The summed E-state index contributed by atoms with van der Waals surface area (Å²) in [6.45, 7) is 0.702. The molecule has 7 heteroatoms. The summed E-state index contributed by atoms with van der Waals surface area (Å²) in [5.74, 6) is 0.119. The number of nitrogens with one attached hydrogen (secondary N) is 2. The largest absolute Gasteiger partial charge is 0.467 e. The van der Waals surface area contributed by atoms with Crippen LogP contribution in [0.5, 0.6) is 0 Å². The van der Waals surface area contributed by atoms with Crippen LogP contribution < -0.4 is 10.9 Å². The normalized spacial score (nSPS) is 21.2. The van der Waals surface area contributed by atoms with Crippen molar-refractivity contribution in [3.63, 3.8) is 0 Å². The molecular weight excluding hydrogens is 310 g/mol. The Morgan fingerprint density at radius 2 is 2.04 bits per heavy atom. The maximum absolute atomic E-state index is 12.2. The van der Waals surface area contributed by atoms with E-state index in [0.717, 1.165) is 12.8 Å². The second-order valence-corrected chi connectivity index (χ2v) is 6.65. The van der Waals surface area contributed by atoms with Gasteiger partial charge >= 0.3 is 0 Å². The summed E-state index contributed by atoms with van der Waals surface area (Å²) in [5.41, 5.74) is 4.93. The second kappa shape index (κ2) is 7.51. The predicted molar refractivity (Wildman–Crippen MR) is 85.1 cm³/mol. The lowest BCUT2D eigenvalue weighted by molar-refractivity contribution is -0.131. The molecule has 130 valence electrons. The lowest BCUT2D eigenvalue weighted by Gasteiger charge is -2.15. The van der Waals surface area contributed by atoms with Gasteiger partial charge in [0.2, 0.25) is 17.7 Å². The van der Waals surface area contributed by atoms with Crippen LogP contribution in [0.15, 0.2) is 22.8 Å². The van der Waals surface area contributed by atoms with E-state index in [0.29, 0.717) is 31.2 Å². The van der Waals surface area contributed by atoms with Gasteiger partial charge in [-0.2, -0.15) is 0 Å². The molecule has 1 aliphatic heterocycles. The molecule has 1 aliphatic carbocycles. The van der Waals surface area contributed by atoms with Gasteiger partial charge in [-0.25, -0.2) is 0 Å². The van der Waals surface area contributed by atoms with Crippen LogP contribution in [-0.4, -0.2) is 29.2 Å². The number of carbonyl (C=O) groups is 3. The Morgan fingerprint density at radius 3 is 2.75 bits per heavy atom. The summed E-state index contributed by atoms with van der Waals surface area (Å²) in [7, 11) is 0. The van der Waals surface area contributed by atoms with Crippen LogP contribution in [0.3, 0.4) is 0 Å². The number of hydrazine groups is 1. The lowest BCUT2D eigenvalue weighted by atomic mass is 10.0. The van der Waals surface area contributed by atoms with Crippen molar-refractivity contribution in [2.24, 2.45) is 11.8 Å². The van der Waals surface area contributed by atoms with E-state index < -0.39 is 5.92 Å². The van der Waals surface area contributed by atoms with Crippen molar-refractivity contribution in [3.05, 3.63) is 24.2 Å². The molecule has 3 rings (SSSR count). The highest BCUT2D eigenvalue weighted by atomic mass is 16.3. The highest BCUT2D eigenvalue weighted by Crippen LogP contribution is 2.27. The summed E-state index contributed by atoms with van der Waals surface area (Å²) in [6, 6.07) is 3.56. The van der Waals surface area contributed by atoms with Gasteiger partial charge in [0.25, 0.3) is 0 Å². The topological polar surface area (TPSA) is 91.7 Å². The van der Waals surface area contributed by atoms with Gasteiger partial charge in [0.15, 0.2) is 0 Å². The minimum Gasteiger partial charge on any atom is -0.467 e. The van der Waals surface area contributed by atoms with Crippen LogP contribution in [-0.2, 0) is 20.9 Å². The van der Waals surface area contributed by atoms with Gasteiger partial charge in [-0.05, 0) is 30.9 Å². The Balaban J connectivity index is 1.42. The fraction of sp³-hybridized carbons (Fsp3) is 0.588. The van der Waals surface area contributed by atoms with Crippen LogP contribution in [0, 0.1) is 11.8 Å². The molecule has 24 heavy (non-hydrogen) atoms. The number of hydrogen-bond acceptors (Lipinski definition) is 4. The molecular formula is C17H23N3O4. The van der Waals surface area contributed by atoms with Crippen molar-refractivity contribution in [2.75, 3.05) is 6.54 Å². The number of hydrogen-bond donors (Lipinski definition) is 2. The van der Waals surface area contributed by atoms with Crippen LogP contribution in [0.4, 0.5) is 0 Å². The lowest BCUT2D eigenvalue weighted by Crippen LogP contribution is -2.45. The summed E-state index contributed by atoms with van der Waals surface area (Å²) in [4.78, 5) is 37.6. The van der Waals surface area contributed by atoms with E-state index in [2.05, 4.69) is 10.9 Å². The molecule has 1 unspecified atom stereocenters. The number of carbonyl (C=O) groups excluding carboxylic acids is 3. The second-order valence-electron chi connectivity index (χ2n) is 6.65. The van der Waals surface area contributed by atoms with Gasteiger partial charge < -0.3 is 9.32 Å². The van der Waals surface area contributed by atoms with Crippen molar-refractivity contribution in [1.82, 2.24) is 15.8 Å². The van der Waals surface area contributed by atoms with Crippen molar-refractivity contribution in [3.8, 4) is 0 Å². The van der Waals surface area contributed by atoms with Crippen LogP contribution in [0.1, 0.15) is 44.3 Å². The molecule has 3 amide bonds. The highest BCUT2D eigenvalue weighted by Gasteiger charge is 2.34. The molecule has 1 saturated carbocycles. The van der Waals surface area contributed by atoms with Gasteiger partial charge in [-0.15, -0.1) is 0 Å². The van der Waals surface area contributed by atoms with E-state index in [9.17, 15) is 14.4 Å². The van der Waals surface area contributed by atoms with Crippen LogP contribution in [0.2, 0.25) is 0 Å². The van der Waals surface area contributed by atoms with Gasteiger partial charge in [0.05, 0.1) is 18.7 Å². The van der Waals surface area contributed by atoms with E-state index in [1.54, 1.807) is 23.3 Å². The van der Waals surface area contributed by atoms with Crippen molar-refractivity contribution >= 4 is 17.7 Å². The average molecular weight is 333 g/mol. The van der Waals surface area contributed by atoms with E-state index in [1.165, 1.54) is 12.8 Å². The number of likely N-dealkylation sites (tertiary alicyclic amines) is 1. The molecule has 2 fully saturated rings. The molecule has 0 bridgehead atoms. The molecule has 1 aromatic heterocycles. The Labute approximate surface area is 140 Å². The van der Waals surface area contributed by atoms with Crippen molar-refractivity contribution in [1.29, 1.82) is 0 Å². The van der Waals surface area contributed by atoms with Crippen molar-refractivity contribution in [2.45, 2.75) is 45.1 Å². The SMILES string of the molecule is O=C(CC1CCCC1)NNC(=O)C1CC(=O)N(Cc2ccco2)C1. The minimum absolute atomic E-state index is 0.0798. The Kier molecular flexibility index (Phi) is 5.17. The highest BCUT2D eigenvalue weighted by molar-refractivity contribution is 5.90. The third-order valence-electron chi connectivity index (χ3n) is 4.79. The summed E-state index contributed by atoms with van der Waals surface area (Å²) in [5, 5.41) is 0. The van der Waals surface area contributed by atoms with Gasteiger partial charge in [0, 0.05) is 19.4 Å². The maximum Gasteiger partial charge on any atom is 0.243 e. The van der Waals surface area contributed by atoms with Gasteiger partial charge in [0.1, 0.15) is 5.76 Å². The molecule has 1 saturated heterocycles. The molecule has 0 radical (unpaired) electrons. The summed E-state index contributed by atoms with van der Waals surface area (Å²) >= 11 is 0. The first kappa shape index (κ1) is 16.5. The fourth-order valence-corrected chi connectivity index (χ4v) is 3.45. The monoisotopic (exact) mass is 333 g/mol. The van der Waals surface area contributed by atoms with Gasteiger partial charge in [-0.1, -0.05) is 12.8 Å². The quantitative estimate of drug-likeness (QED) is 0.796. The molecule has 2 aliphatic rings. The fourth-order valence-electron chi connectivity index (χ4n) is 3.45. The first-order valence-electron chi connectivity index (χ1n) is 8.50.